The summed E-state index contributed by atoms with van der Waals surface area (Å²) < 4.78 is 5.26. The Hall–Kier alpha value is -1.20. The van der Waals surface area contributed by atoms with Gasteiger partial charge in [0.1, 0.15) is 5.75 Å². The van der Waals surface area contributed by atoms with Crippen molar-refractivity contribution in [2.45, 2.75) is 10.8 Å². The van der Waals surface area contributed by atoms with E-state index in [0.717, 1.165) is 4.90 Å². The molecule has 88 valence electrons. The molecule has 0 bridgehead atoms. The lowest BCUT2D eigenvalue weighted by Gasteiger charge is -2.16. The largest absolute Gasteiger partial charge is 0.495 e. The van der Waals surface area contributed by atoms with E-state index in [0.29, 0.717) is 11.3 Å². The second-order valence-corrected chi connectivity index (χ2v) is 4.06. The quantitative estimate of drug-likeness (QED) is 0.765. The molecule has 0 saturated heterocycles. The smallest absolute Gasteiger partial charge is 0.312 e. The van der Waals surface area contributed by atoms with E-state index in [4.69, 9.17) is 15.6 Å². The van der Waals surface area contributed by atoms with Crippen LogP contribution < -0.4 is 10.5 Å². The highest BCUT2D eigenvalue weighted by Crippen LogP contribution is 2.35. The van der Waals surface area contributed by atoms with Gasteiger partial charge in [-0.3, -0.25) is 4.79 Å². The number of carboxylic acids is 1. The summed E-state index contributed by atoms with van der Waals surface area (Å²) in [6.45, 7) is 0.0591. The number of thioether (sulfide) groups is 1. The van der Waals surface area contributed by atoms with Gasteiger partial charge in [-0.25, -0.2) is 0 Å². The average molecular weight is 241 g/mol. The van der Waals surface area contributed by atoms with Crippen LogP contribution in [0.2, 0.25) is 0 Å². The van der Waals surface area contributed by atoms with Gasteiger partial charge in [0.2, 0.25) is 0 Å². The van der Waals surface area contributed by atoms with Crippen LogP contribution in [0.5, 0.6) is 5.75 Å². The monoisotopic (exact) mass is 241 g/mol. The zero-order chi connectivity index (χ0) is 12.1. The Labute approximate surface area is 98.8 Å². The Morgan fingerprint density at radius 2 is 2.31 bits per heavy atom. The molecular formula is C11H15NO3S. The fourth-order valence-corrected chi connectivity index (χ4v) is 2.15. The molecule has 0 fully saturated rings. The van der Waals surface area contributed by atoms with Crippen LogP contribution in [0.15, 0.2) is 23.1 Å². The number of aliphatic carboxylic acids is 1. The third-order valence-electron chi connectivity index (χ3n) is 2.34. The maximum absolute atomic E-state index is 11.1. The predicted molar refractivity (Wildman–Crippen MR) is 64.2 cm³/mol. The van der Waals surface area contributed by atoms with Gasteiger partial charge in [-0.15, -0.1) is 11.8 Å². The summed E-state index contributed by atoms with van der Waals surface area (Å²) in [5, 5.41) is 9.07. The van der Waals surface area contributed by atoms with E-state index in [9.17, 15) is 4.79 Å². The van der Waals surface area contributed by atoms with Gasteiger partial charge < -0.3 is 15.6 Å². The standard InChI is InChI=1S/C11H15NO3S/c1-15-10-7(8(6-12)11(13)14)4-3-5-9(10)16-2/h3-5,8H,6,12H2,1-2H3,(H,13,14). The molecule has 1 unspecified atom stereocenters. The first-order valence-electron chi connectivity index (χ1n) is 4.79. The fraction of sp³-hybridized carbons (Fsp3) is 0.364. The molecule has 3 N–H and O–H groups in total. The van der Waals surface area contributed by atoms with E-state index < -0.39 is 11.9 Å². The molecule has 1 aromatic carbocycles. The molecule has 0 aromatic heterocycles. The highest BCUT2D eigenvalue weighted by Gasteiger charge is 2.23. The van der Waals surface area contributed by atoms with E-state index in [-0.39, 0.29) is 6.54 Å². The van der Waals surface area contributed by atoms with Crippen molar-refractivity contribution in [3.8, 4) is 5.75 Å². The highest BCUT2D eigenvalue weighted by atomic mass is 32.2. The summed E-state index contributed by atoms with van der Waals surface area (Å²) >= 11 is 1.52. The van der Waals surface area contributed by atoms with Crippen LogP contribution in [0.1, 0.15) is 11.5 Å². The second-order valence-electron chi connectivity index (χ2n) is 3.21. The fourth-order valence-electron chi connectivity index (χ4n) is 1.55. The summed E-state index contributed by atoms with van der Waals surface area (Å²) in [4.78, 5) is 12.0. The van der Waals surface area contributed by atoms with Gasteiger partial charge in [-0.05, 0) is 12.3 Å². The van der Waals surface area contributed by atoms with Crippen molar-refractivity contribution in [1.82, 2.24) is 0 Å². The summed E-state index contributed by atoms with van der Waals surface area (Å²) in [5.41, 5.74) is 6.11. The lowest BCUT2D eigenvalue weighted by Crippen LogP contribution is -2.21. The number of nitrogens with two attached hydrogens (primary N) is 1. The number of hydrogen-bond donors (Lipinski definition) is 2. The number of carboxylic acid groups (broad SMARTS) is 1. The summed E-state index contributed by atoms with van der Waals surface area (Å²) in [7, 11) is 1.54. The van der Waals surface area contributed by atoms with Gasteiger partial charge in [0, 0.05) is 17.0 Å². The van der Waals surface area contributed by atoms with Crippen molar-refractivity contribution in [2.75, 3.05) is 19.9 Å². The SMILES string of the molecule is COc1c(SC)cccc1C(CN)C(=O)O. The Bertz CT molecular complexity index is 381. The van der Waals surface area contributed by atoms with E-state index in [1.54, 1.807) is 6.07 Å². The van der Waals surface area contributed by atoms with Crippen LogP contribution in [-0.4, -0.2) is 31.0 Å². The molecule has 0 aliphatic carbocycles. The molecule has 4 nitrogen and oxygen atoms in total. The van der Waals surface area contributed by atoms with E-state index in [1.807, 2.05) is 18.4 Å². The molecule has 0 aliphatic rings. The van der Waals surface area contributed by atoms with Gasteiger partial charge >= 0.3 is 5.97 Å². The molecule has 0 spiro atoms. The topological polar surface area (TPSA) is 72.5 Å². The number of methoxy groups -OCH3 is 1. The van der Waals surface area contributed by atoms with Gasteiger partial charge in [0.05, 0.1) is 13.0 Å². The first-order chi connectivity index (χ1) is 7.65. The van der Waals surface area contributed by atoms with Gasteiger partial charge in [0.15, 0.2) is 0 Å². The molecule has 0 heterocycles. The number of ether oxygens (including phenoxy) is 1. The normalized spacial score (nSPS) is 12.2. The van der Waals surface area contributed by atoms with Crippen LogP contribution in [0.25, 0.3) is 0 Å². The third kappa shape index (κ3) is 2.48. The molecule has 0 amide bonds. The average Bonchev–Trinajstić information content (AvgIpc) is 2.29. The summed E-state index contributed by atoms with van der Waals surface area (Å²) in [5.74, 6) is -1.05. The van der Waals surface area contributed by atoms with Crippen LogP contribution in [0, 0.1) is 0 Å². The first kappa shape index (κ1) is 12.9. The minimum atomic E-state index is -0.931. The highest BCUT2D eigenvalue weighted by molar-refractivity contribution is 7.98. The van der Waals surface area contributed by atoms with Crippen molar-refractivity contribution >= 4 is 17.7 Å². The number of hydrogen-bond acceptors (Lipinski definition) is 4. The number of para-hydroxylation sites is 1. The van der Waals surface area contributed by atoms with E-state index in [2.05, 4.69) is 0 Å². The number of benzene rings is 1. The molecule has 5 heteroatoms. The zero-order valence-corrected chi connectivity index (χ0v) is 10.1. The van der Waals surface area contributed by atoms with Crippen LogP contribution in [-0.2, 0) is 4.79 Å². The minimum Gasteiger partial charge on any atom is -0.495 e. The predicted octanol–water partition coefficient (Wildman–Crippen LogP) is 1.54. The van der Waals surface area contributed by atoms with Crippen LogP contribution in [0.3, 0.4) is 0 Å². The van der Waals surface area contributed by atoms with E-state index >= 15 is 0 Å². The van der Waals surface area contributed by atoms with Crippen molar-refractivity contribution in [3.63, 3.8) is 0 Å². The van der Waals surface area contributed by atoms with E-state index in [1.165, 1.54) is 18.9 Å². The molecular weight excluding hydrogens is 226 g/mol. The Kier molecular flexibility index (Phi) is 4.64. The molecule has 1 rings (SSSR count). The Morgan fingerprint density at radius 3 is 2.75 bits per heavy atom. The van der Waals surface area contributed by atoms with Crippen molar-refractivity contribution in [1.29, 1.82) is 0 Å². The zero-order valence-electron chi connectivity index (χ0n) is 9.27. The lowest BCUT2D eigenvalue weighted by molar-refractivity contribution is -0.138. The molecule has 16 heavy (non-hydrogen) atoms. The van der Waals surface area contributed by atoms with Crippen molar-refractivity contribution in [2.24, 2.45) is 5.73 Å². The van der Waals surface area contributed by atoms with Gasteiger partial charge in [-0.2, -0.15) is 0 Å². The number of rotatable bonds is 5. The van der Waals surface area contributed by atoms with Gasteiger partial charge in [-0.1, -0.05) is 12.1 Å². The van der Waals surface area contributed by atoms with Gasteiger partial charge in [0.25, 0.3) is 0 Å². The Balaban J connectivity index is 3.25. The molecule has 0 aliphatic heterocycles. The Morgan fingerprint density at radius 1 is 1.62 bits per heavy atom. The lowest BCUT2D eigenvalue weighted by atomic mass is 9.98. The minimum absolute atomic E-state index is 0.0591. The van der Waals surface area contributed by atoms with Crippen LogP contribution in [0.4, 0.5) is 0 Å². The third-order valence-corrected chi connectivity index (χ3v) is 3.10. The first-order valence-corrected chi connectivity index (χ1v) is 6.02. The molecule has 1 atom stereocenters. The molecule has 0 saturated carbocycles. The maximum Gasteiger partial charge on any atom is 0.312 e. The number of carbonyl (C=O) groups is 1. The second kappa shape index (κ2) is 5.77. The molecule has 1 aromatic rings. The van der Waals surface area contributed by atoms with Crippen LogP contribution >= 0.6 is 11.8 Å². The summed E-state index contributed by atoms with van der Waals surface area (Å²) in [6, 6.07) is 5.45. The van der Waals surface area contributed by atoms with Crippen molar-refractivity contribution < 1.29 is 14.6 Å². The summed E-state index contributed by atoms with van der Waals surface area (Å²) in [6.07, 6.45) is 1.92. The van der Waals surface area contributed by atoms with Crippen molar-refractivity contribution in [3.05, 3.63) is 23.8 Å². The molecule has 0 radical (unpaired) electrons. The maximum atomic E-state index is 11.1.